The van der Waals surface area contributed by atoms with Crippen LogP contribution < -0.4 is 72.0 Å². The molecule has 0 saturated carbocycles. The van der Waals surface area contributed by atoms with E-state index in [0.29, 0.717) is 31.2 Å². The number of nitrogens with two attached hydrogens (primary N) is 7. The molecule has 25 heteroatoms. The van der Waals surface area contributed by atoms with Gasteiger partial charge in [0.1, 0.15) is 36.3 Å². The zero-order valence-corrected chi connectivity index (χ0v) is 36.0. The van der Waals surface area contributed by atoms with Gasteiger partial charge in [-0.05, 0) is 82.9 Å². The minimum atomic E-state index is -1.76. The van der Waals surface area contributed by atoms with Gasteiger partial charge in [-0.3, -0.25) is 43.5 Å². The molecule has 0 spiro atoms. The Balaban J connectivity index is 3.45. The fourth-order valence-electron chi connectivity index (χ4n) is 6.11. The van der Waals surface area contributed by atoms with E-state index in [-0.39, 0.29) is 83.0 Å². The van der Waals surface area contributed by atoms with Gasteiger partial charge in [-0.15, -0.1) is 0 Å². The molecule has 64 heavy (non-hydrogen) atoms. The molecule has 0 saturated heterocycles. The third-order valence-corrected chi connectivity index (χ3v) is 9.43. The van der Waals surface area contributed by atoms with Crippen LogP contribution in [0.2, 0.25) is 0 Å². The zero-order valence-electron chi connectivity index (χ0n) is 36.0. The van der Waals surface area contributed by atoms with Crippen molar-refractivity contribution in [1.29, 1.82) is 0 Å². The van der Waals surface area contributed by atoms with Crippen molar-refractivity contribution in [2.75, 3.05) is 32.7 Å². The molecule has 0 aliphatic heterocycles. The quantitative estimate of drug-likeness (QED) is 0.0178. The fourth-order valence-corrected chi connectivity index (χ4v) is 6.11. The summed E-state index contributed by atoms with van der Waals surface area (Å²) >= 11 is 0. The maximum Gasteiger partial charge on any atom is 0.326 e. The van der Waals surface area contributed by atoms with Crippen molar-refractivity contribution in [1.82, 2.24) is 31.9 Å². The molecule has 1 aromatic carbocycles. The first-order valence-corrected chi connectivity index (χ1v) is 20.9. The Kier molecular flexibility index (Phi) is 27.1. The number of carbonyl (C=O) groups is 8. The second kappa shape index (κ2) is 31.3. The second-order valence-electron chi connectivity index (χ2n) is 14.7. The molecule has 1 rings (SSSR count). The van der Waals surface area contributed by atoms with E-state index in [1.165, 1.54) is 0 Å². The van der Waals surface area contributed by atoms with Crippen LogP contribution in [0.4, 0.5) is 0 Å². The van der Waals surface area contributed by atoms with E-state index in [1.54, 1.807) is 30.3 Å². The largest absolute Gasteiger partial charge is 0.481 e. The maximum atomic E-state index is 14.0. The molecule has 0 bridgehead atoms. The highest BCUT2D eigenvalue weighted by molar-refractivity contribution is 5.98. The van der Waals surface area contributed by atoms with Crippen LogP contribution in [-0.2, 0) is 44.8 Å². The van der Waals surface area contributed by atoms with Gasteiger partial charge in [0.2, 0.25) is 35.4 Å². The summed E-state index contributed by atoms with van der Waals surface area (Å²) < 4.78 is 0. The van der Waals surface area contributed by atoms with E-state index in [9.17, 15) is 48.6 Å². The number of carboxylic acid groups (broad SMARTS) is 2. The van der Waals surface area contributed by atoms with Gasteiger partial charge in [0.25, 0.3) is 0 Å². The molecule has 0 radical (unpaired) electrons. The summed E-state index contributed by atoms with van der Waals surface area (Å²) in [7, 11) is 0. The smallest absolute Gasteiger partial charge is 0.326 e. The van der Waals surface area contributed by atoms with Gasteiger partial charge in [0.15, 0.2) is 11.9 Å². The molecule has 6 atom stereocenters. The Morgan fingerprint density at radius 3 is 1.30 bits per heavy atom. The summed E-state index contributed by atoms with van der Waals surface area (Å²) in [5, 5.41) is 34.5. The number of nitrogens with one attached hydrogen (secondary N) is 6. The predicted octanol–water partition coefficient (Wildman–Crippen LogP) is -4.98. The topological polar surface area (TPSA) is 456 Å². The lowest BCUT2D eigenvalue weighted by atomic mass is 10.0. The van der Waals surface area contributed by atoms with Gasteiger partial charge < -0.3 is 82.2 Å². The Bertz CT molecular complexity index is 1730. The third kappa shape index (κ3) is 23.6. The molecular weight excluding hydrogens is 839 g/mol. The second-order valence-corrected chi connectivity index (χ2v) is 14.7. The summed E-state index contributed by atoms with van der Waals surface area (Å²) in [6, 6.07) is 0.100. The third-order valence-electron chi connectivity index (χ3n) is 9.43. The monoisotopic (exact) mass is 906 g/mol. The number of hydrogen-bond acceptors (Lipinski definition) is 13. The fraction of sp³-hybridized carbons (Fsp3) is 0.590. The van der Waals surface area contributed by atoms with Crippen LogP contribution in [0.15, 0.2) is 40.3 Å². The first-order chi connectivity index (χ1) is 30.4. The van der Waals surface area contributed by atoms with E-state index in [2.05, 4.69) is 41.9 Å². The first-order valence-electron chi connectivity index (χ1n) is 20.9. The van der Waals surface area contributed by atoms with E-state index in [1.807, 2.05) is 0 Å². The SMILES string of the molecule is NCCCC[C@H](NC(=O)[C@H](CCCCN)NC(=O)[C@H](CCCN=C(N)N)NC(=O)[C@H](CC(=O)O)NC(=O)[C@H](Cc1ccccc1)NC(=O)CN)C(=O)N[C@@H](CCCN=C(N)N)C(=O)O. The molecule has 22 N–H and O–H groups in total. The zero-order chi connectivity index (χ0) is 48.0. The Labute approximate surface area is 371 Å². The number of unbranched alkanes of at least 4 members (excludes halogenated alkanes) is 2. The summed E-state index contributed by atoms with van der Waals surface area (Å²) in [4.78, 5) is 113. The highest BCUT2D eigenvalue weighted by Crippen LogP contribution is 2.10. The van der Waals surface area contributed by atoms with Gasteiger partial charge in [0.05, 0.1) is 13.0 Å². The van der Waals surface area contributed by atoms with E-state index >= 15 is 0 Å². The molecule has 0 aliphatic carbocycles. The van der Waals surface area contributed by atoms with Gasteiger partial charge in [-0.2, -0.15) is 0 Å². The molecule has 0 unspecified atom stereocenters. The lowest BCUT2D eigenvalue weighted by molar-refractivity contribution is -0.143. The lowest BCUT2D eigenvalue weighted by Gasteiger charge is -2.27. The van der Waals surface area contributed by atoms with Crippen molar-refractivity contribution in [2.45, 2.75) is 113 Å². The Morgan fingerprint density at radius 1 is 0.500 bits per heavy atom. The Morgan fingerprint density at radius 2 is 0.891 bits per heavy atom. The number of guanidine groups is 2. The molecule has 0 aliphatic rings. The van der Waals surface area contributed by atoms with Crippen molar-refractivity contribution < 1.29 is 48.6 Å². The first kappa shape index (κ1) is 55.4. The number of rotatable bonds is 33. The summed E-state index contributed by atoms with van der Waals surface area (Å²) in [6.45, 7) is 0.168. The van der Waals surface area contributed by atoms with Gasteiger partial charge in [-0.25, -0.2) is 4.79 Å². The number of carbonyl (C=O) groups excluding carboxylic acids is 6. The minimum absolute atomic E-state index is 0.00487. The van der Waals surface area contributed by atoms with Crippen molar-refractivity contribution in [3.63, 3.8) is 0 Å². The van der Waals surface area contributed by atoms with Crippen LogP contribution in [0, 0.1) is 0 Å². The maximum absolute atomic E-state index is 14.0. The summed E-state index contributed by atoms with van der Waals surface area (Å²) in [5.41, 5.74) is 39.0. The number of benzene rings is 1. The lowest BCUT2D eigenvalue weighted by Crippen LogP contribution is -2.60. The average molecular weight is 906 g/mol. The van der Waals surface area contributed by atoms with Crippen molar-refractivity contribution in [3.05, 3.63) is 35.9 Å². The number of hydrogen-bond donors (Lipinski definition) is 15. The number of nitrogens with zero attached hydrogens (tertiary/aromatic N) is 2. The van der Waals surface area contributed by atoms with Crippen molar-refractivity contribution in [2.24, 2.45) is 50.1 Å². The van der Waals surface area contributed by atoms with Crippen molar-refractivity contribution >= 4 is 59.3 Å². The van der Waals surface area contributed by atoms with E-state index in [0.717, 1.165) is 0 Å². The molecule has 1 aromatic rings. The van der Waals surface area contributed by atoms with Crippen LogP contribution in [0.25, 0.3) is 0 Å². The highest BCUT2D eigenvalue weighted by Gasteiger charge is 2.34. The van der Waals surface area contributed by atoms with Gasteiger partial charge in [0, 0.05) is 19.5 Å². The molecular formula is C39H67N15O10. The highest BCUT2D eigenvalue weighted by atomic mass is 16.4. The molecule has 0 heterocycles. The Hall–Kier alpha value is -6.60. The number of aliphatic imine (C=N–C) groups is 2. The number of carboxylic acids is 2. The standard InChI is InChI=1S/C39H67N15O10/c40-16-6-4-12-24(32(58)51-25(13-5-7-17-41)34(60)53-27(37(63)64)15-9-19-48-39(45)46)50-33(59)26(14-8-18-47-38(43)44)52-36(62)29(21-31(56)57)54-35(61)28(49-30(55)22-42)20-23-10-2-1-3-11-23/h1-3,10-11,24-29H,4-9,12-22,40-42H2,(H,49,55)(H,50,59)(H,51,58)(H,52,62)(H,53,60)(H,54,61)(H,56,57)(H,63,64)(H4,43,44,47)(H4,45,46,48)/t24-,25-,26-,27-,28-,29-/m0/s1. The van der Waals surface area contributed by atoms with Crippen LogP contribution in [0.5, 0.6) is 0 Å². The van der Waals surface area contributed by atoms with Crippen molar-refractivity contribution in [3.8, 4) is 0 Å². The summed E-state index contributed by atoms with van der Waals surface area (Å²) in [5.74, 6) is -8.47. The summed E-state index contributed by atoms with van der Waals surface area (Å²) in [6.07, 6.45) is 0.824. The minimum Gasteiger partial charge on any atom is -0.481 e. The van der Waals surface area contributed by atoms with Crippen LogP contribution in [0.1, 0.15) is 76.2 Å². The molecule has 6 amide bonds. The molecule has 0 aromatic heterocycles. The number of aliphatic carboxylic acids is 2. The van der Waals surface area contributed by atoms with E-state index < -0.39 is 96.6 Å². The van der Waals surface area contributed by atoms with Crippen LogP contribution in [0.3, 0.4) is 0 Å². The predicted molar refractivity (Wildman–Crippen MR) is 236 cm³/mol. The molecule has 25 nitrogen and oxygen atoms in total. The van der Waals surface area contributed by atoms with E-state index in [4.69, 9.17) is 40.1 Å². The molecule has 0 fully saturated rings. The van der Waals surface area contributed by atoms with Gasteiger partial charge >= 0.3 is 11.9 Å². The average Bonchev–Trinajstić information content (AvgIpc) is 3.24. The normalized spacial score (nSPS) is 13.5. The number of amides is 6. The van der Waals surface area contributed by atoms with Crippen LogP contribution >= 0.6 is 0 Å². The van der Waals surface area contributed by atoms with Crippen LogP contribution in [-0.4, -0.2) is 138 Å². The molecule has 358 valence electrons. The van der Waals surface area contributed by atoms with Gasteiger partial charge in [-0.1, -0.05) is 30.3 Å².